The minimum atomic E-state index is 0.396. The van der Waals surface area contributed by atoms with Crippen molar-refractivity contribution in [1.29, 1.82) is 0 Å². The van der Waals surface area contributed by atoms with Crippen molar-refractivity contribution in [3.8, 4) is 0 Å². The molecule has 1 aliphatic rings. The molecule has 1 N–H and O–H groups in total. The van der Waals surface area contributed by atoms with Crippen LogP contribution < -0.4 is 5.43 Å². The average Bonchev–Trinajstić information content (AvgIpc) is 2.33. The van der Waals surface area contributed by atoms with E-state index >= 15 is 0 Å². The zero-order chi connectivity index (χ0) is 9.14. The molecule has 1 aliphatic heterocycles. The van der Waals surface area contributed by atoms with Gasteiger partial charge in [-0.2, -0.15) is 5.10 Å². The first-order valence-electron chi connectivity index (χ1n) is 4.65. The minimum absolute atomic E-state index is 0.396. The molecule has 1 unspecified atom stereocenters. The van der Waals surface area contributed by atoms with Crippen molar-refractivity contribution in [2.45, 2.75) is 33.9 Å². The van der Waals surface area contributed by atoms with Gasteiger partial charge >= 0.3 is 0 Å². The third-order valence-electron chi connectivity index (χ3n) is 1.98. The zero-order valence-electron chi connectivity index (χ0n) is 8.41. The molecule has 0 bridgehead atoms. The van der Waals surface area contributed by atoms with Gasteiger partial charge in [0, 0.05) is 6.54 Å². The molecule has 0 amide bonds. The lowest BCUT2D eigenvalue weighted by Gasteiger charge is -2.28. The Morgan fingerprint density at radius 1 is 1.42 bits per heavy atom. The molecule has 0 aliphatic carbocycles. The third-order valence-corrected chi connectivity index (χ3v) is 1.98. The molecule has 3 nitrogen and oxygen atoms in total. The van der Waals surface area contributed by atoms with Crippen molar-refractivity contribution in [2.24, 2.45) is 16.9 Å². The van der Waals surface area contributed by atoms with Gasteiger partial charge in [-0.25, -0.2) is 0 Å². The molecule has 0 fully saturated rings. The number of nitrogens with zero attached hydrogens (tertiary/aromatic N) is 2. The molecule has 12 heavy (non-hydrogen) atoms. The van der Waals surface area contributed by atoms with Crippen LogP contribution in [0.15, 0.2) is 5.10 Å². The van der Waals surface area contributed by atoms with Crippen molar-refractivity contribution < 1.29 is 0 Å². The molecule has 0 aromatic rings. The van der Waals surface area contributed by atoms with Crippen LogP contribution in [0.5, 0.6) is 0 Å². The number of rotatable bonds is 3. The second-order valence-corrected chi connectivity index (χ2v) is 4.15. The van der Waals surface area contributed by atoms with Gasteiger partial charge in [0.25, 0.3) is 0 Å². The fourth-order valence-corrected chi connectivity index (χ4v) is 1.44. The van der Waals surface area contributed by atoms with E-state index < -0.39 is 0 Å². The van der Waals surface area contributed by atoms with Gasteiger partial charge in [-0.3, -0.25) is 5.43 Å². The smallest absolute Gasteiger partial charge is 0.118 e. The highest BCUT2D eigenvalue weighted by molar-refractivity contribution is 5.57. The van der Waals surface area contributed by atoms with E-state index in [0.29, 0.717) is 18.0 Å². The average molecular weight is 169 g/mol. The lowest BCUT2D eigenvalue weighted by Crippen LogP contribution is -2.42. The summed E-state index contributed by atoms with van der Waals surface area (Å²) in [5.74, 6) is 1.30. The van der Waals surface area contributed by atoms with Crippen molar-refractivity contribution in [2.75, 3.05) is 6.54 Å². The molecule has 0 spiro atoms. The molecule has 0 aromatic heterocycles. The van der Waals surface area contributed by atoms with Crippen LogP contribution in [0.1, 0.15) is 27.7 Å². The van der Waals surface area contributed by atoms with Crippen LogP contribution >= 0.6 is 0 Å². The fourth-order valence-electron chi connectivity index (χ4n) is 1.44. The Morgan fingerprint density at radius 3 is 2.58 bits per heavy atom. The Morgan fingerprint density at radius 2 is 2.08 bits per heavy atom. The summed E-state index contributed by atoms with van der Waals surface area (Å²) >= 11 is 0. The van der Waals surface area contributed by atoms with Crippen LogP contribution in [-0.4, -0.2) is 23.9 Å². The standard InChI is InChI=1S/C9H19N3/c1-7(2)5-12-6-10-11-9(12)8(3)4/h6-9,11H,5H2,1-4H3. The summed E-state index contributed by atoms with van der Waals surface area (Å²) in [5, 5.41) is 4.07. The topological polar surface area (TPSA) is 27.6 Å². The lowest BCUT2D eigenvalue weighted by molar-refractivity contribution is 0.221. The lowest BCUT2D eigenvalue weighted by atomic mass is 10.1. The minimum Gasteiger partial charge on any atom is -0.339 e. The third kappa shape index (κ3) is 2.13. The van der Waals surface area contributed by atoms with Crippen LogP contribution in [0.4, 0.5) is 0 Å². The summed E-state index contributed by atoms with van der Waals surface area (Å²) in [6.45, 7) is 9.95. The summed E-state index contributed by atoms with van der Waals surface area (Å²) in [5.41, 5.74) is 3.11. The second-order valence-electron chi connectivity index (χ2n) is 4.15. The number of hydrogen-bond donors (Lipinski definition) is 1. The van der Waals surface area contributed by atoms with E-state index in [9.17, 15) is 0 Å². The maximum absolute atomic E-state index is 4.07. The number of hydrazone groups is 1. The van der Waals surface area contributed by atoms with E-state index in [-0.39, 0.29) is 0 Å². The van der Waals surface area contributed by atoms with E-state index in [2.05, 4.69) is 43.1 Å². The summed E-state index contributed by atoms with van der Waals surface area (Å²) in [7, 11) is 0. The highest BCUT2D eigenvalue weighted by Gasteiger charge is 2.22. The number of hydrogen-bond acceptors (Lipinski definition) is 3. The highest BCUT2D eigenvalue weighted by atomic mass is 15.5. The monoisotopic (exact) mass is 169 g/mol. The van der Waals surface area contributed by atoms with Gasteiger partial charge < -0.3 is 4.90 Å². The quantitative estimate of drug-likeness (QED) is 0.693. The maximum Gasteiger partial charge on any atom is 0.118 e. The van der Waals surface area contributed by atoms with Gasteiger partial charge in [0.1, 0.15) is 12.5 Å². The first-order chi connectivity index (χ1) is 5.61. The van der Waals surface area contributed by atoms with Crippen molar-refractivity contribution in [1.82, 2.24) is 10.3 Å². The Labute approximate surface area is 74.8 Å². The molecule has 3 heteroatoms. The molecule has 0 aromatic carbocycles. The molecule has 0 radical (unpaired) electrons. The Kier molecular flexibility index (Phi) is 2.95. The van der Waals surface area contributed by atoms with E-state index in [1.807, 2.05) is 6.34 Å². The van der Waals surface area contributed by atoms with Crippen LogP contribution in [0.2, 0.25) is 0 Å². The summed E-state index contributed by atoms with van der Waals surface area (Å²) in [4.78, 5) is 2.27. The van der Waals surface area contributed by atoms with Gasteiger partial charge in [0.05, 0.1) is 0 Å². The molecule has 1 heterocycles. The molecule has 70 valence electrons. The van der Waals surface area contributed by atoms with E-state index in [1.165, 1.54) is 0 Å². The summed E-state index contributed by atoms with van der Waals surface area (Å²) in [6.07, 6.45) is 2.30. The predicted molar refractivity (Wildman–Crippen MR) is 51.8 cm³/mol. The van der Waals surface area contributed by atoms with Crippen LogP contribution in [0.25, 0.3) is 0 Å². The molecule has 1 atom stereocenters. The van der Waals surface area contributed by atoms with Gasteiger partial charge in [0.15, 0.2) is 0 Å². The summed E-state index contributed by atoms with van der Waals surface area (Å²) < 4.78 is 0. The van der Waals surface area contributed by atoms with Crippen molar-refractivity contribution in [3.63, 3.8) is 0 Å². The van der Waals surface area contributed by atoms with Crippen LogP contribution in [0, 0.1) is 11.8 Å². The van der Waals surface area contributed by atoms with Crippen molar-refractivity contribution >= 4 is 6.34 Å². The summed E-state index contributed by atoms with van der Waals surface area (Å²) in [6, 6.07) is 0. The SMILES string of the molecule is CC(C)CN1C=NNC1C(C)C. The van der Waals surface area contributed by atoms with Gasteiger partial charge in [-0.15, -0.1) is 0 Å². The Bertz CT molecular complexity index is 163. The highest BCUT2D eigenvalue weighted by Crippen LogP contribution is 2.12. The van der Waals surface area contributed by atoms with E-state index in [0.717, 1.165) is 6.54 Å². The molecular weight excluding hydrogens is 150 g/mol. The molecule has 1 rings (SSSR count). The first-order valence-corrected chi connectivity index (χ1v) is 4.65. The van der Waals surface area contributed by atoms with Crippen LogP contribution in [0.3, 0.4) is 0 Å². The van der Waals surface area contributed by atoms with Crippen LogP contribution in [-0.2, 0) is 0 Å². The molecule has 0 saturated heterocycles. The molecular formula is C9H19N3. The van der Waals surface area contributed by atoms with E-state index in [1.54, 1.807) is 0 Å². The second kappa shape index (κ2) is 3.78. The van der Waals surface area contributed by atoms with Gasteiger partial charge in [-0.05, 0) is 11.8 Å². The first kappa shape index (κ1) is 9.36. The molecule has 0 saturated carbocycles. The van der Waals surface area contributed by atoms with Crippen molar-refractivity contribution in [3.05, 3.63) is 0 Å². The normalized spacial score (nSPS) is 22.5. The zero-order valence-corrected chi connectivity index (χ0v) is 8.41. The fraction of sp³-hybridized carbons (Fsp3) is 0.889. The Hall–Kier alpha value is -0.730. The van der Waals surface area contributed by atoms with E-state index in [4.69, 9.17) is 0 Å². The van der Waals surface area contributed by atoms with Gasteiger partial charge in [-0.1, -0.05) is 27.7 Å². The maximum atomic E-state index is 4.07. The Balaban J connectivity index is 2.45. The number of nitrogens with one attached hydrogen (secondary N) is 1. The predicted octanol–water partition coefficient (Wildman–Crippen LogP) is 1.47. The van der Waals surface area contributed by atoms with Gasteiger partial charge in [0.2, 0.25) is 0 Å². The largest absolute Gasteiger partial charge is 0.339 e.